The Labute approximate surface area is 214 Å². The van der Waals surface area contributed by atoms with Gasteiger partial charge >= 0.3 is 0 Å². The van der Waals surface area contributed by atoms with Crippen molar-refractivity contribution in [3.8, 4) is 0 Å². The van der Waals surface area contributed by atoms with Crippen LogP contribution in [-0.4, -0.2) is 30.7 Å². The van der Waals surface area contributed by atoms with E-state index in [9.17, 15) is 0 Å². The van der Waals surface area contributed by atoms with Crippen LogP contribution in [0.2, 0.25) is 0 Å². The maximum absolute atomic E-state index is 8.52. The van der Waals surface area contributed by atoms with E-state index in [0.29, 0.717) is 0 Å². The number of quaternary nitrogens is 1. The lowest BCUT2D eigenvalue weighted by atomic mass is 10.0. The topological polar surface area (TPSA) is 69.2 Å². The molecule has 0 saturated heterocycles. The van der Waals surface area contributed by atoms with E-state index in [1.165, 1.54) is 159 Å². The molecule has 0 N–H and O–H groups in total. The third-order valence-electron chi connectivity index (χ3n) is 6.94. The fourth-order valence-electron chi connectivity index (χ4n) is 4.79. The summed E-state index contributed by atoms with van der Waals surface area (Å²) in [7, 11) is 0. The average Bonchev–Trinajstić information content (AvgIpc) is 2.79. The van der Waals surface area contributed by atoms with E-state index in [2.05, 4.69) is 27.7 Å². The largest absolute Gasteiger partial charge is 0.405 e. The van der Waals surface area contributed by atoms with Gasteiger partial charge in [-0.3, -0.25) is 0 Å². The molecule has 33 heavy (non-hydrogen) atoms. The van der Waals surface area contributed by atoms with Gasteiger partial charge in [-0.2, -0.15) is 0 Å². The van der Waals surface area contributed by atoms with Crippen LogP contribution in [0.4, 0.5) is 0 Å². The first-order valence-electron chi connectivity index (χ1n) is 14.6. The molecule has 0 radical (unpaired) electrons. The SMILES string of the molecule is CCCCCCCCCCCCCCCC[N+](CCCC)(CCCC)CCCC.[O-][Br+2]([O-])[O-]. The van der Waals surface area contributed by atoms with Crippen molar-refractivity contribution in [2.45, 2.75) is 156 Å². The first kappa shape index (κ1) is 35.5. The Balaban J connectivity index is 0. The van der Waals surface area contributed by atoms with Gasteiger partial charge in [0.1, 0.15) is 0 Å². The molecule has 0 aromatic carbocycles. The molecule has 0 unspecified atom stereocenters. The molecule has 0 aromatic rings. The Bertz CT molecular complexity index is 332. The zero-order valence-corrected chi connectivity index (χ0v) is 24.6. The van der Waals surface area contributed by atoms with Gasteiger partial charge in [0.2, 0.25) is 14.8 Å². The second-order valence-corrected chi connectivity index (χ2v) is 10.9. The van der Waals surface area contributed by atoms with E-state index in [-0.39, 0.29) is 0 Å². The number of hydrogen-bond donors (Lipinski definition) is 0. The second-order valence-electron chi connectivity index (χ2n) is 10.1. The molecule has 0 fully saturated rings. The Kier molecular flexibility index (Phi) is 30.7. The van der Waals surface area contributed by atoms with E-state index >= 15 is 0 Å². The summed E-state index contributed by atoms with van der Waals surface area (Å²) in [6.45, 7) is 15.2. The Morgan fingerprint density at radius 1 is 0.364 bits per heavy atom. The number of hydrogen-bond acceptors (Lipinski definition) is 3. The Morgan fingerprint density at radius 3 is 0.848 bits per heavy atom. The molecule has 4 nitrogen and oxygen atoms in total. The monoisotopic (exact) mass is 537 g/mol. The quantitative estimate of drug-likeness (QED) is 0.110. The molecule has 0 atom stereocenters. The predicted molar refractivity (Wildman–Crippen MR) is 135 cm³/mol. The van der Waals surface area contributed by atoms with Crippen molar-refractivity contribution < 1.29 is 31.9 Å². The lowest BCUT2D eigenvalue weighted by Gasteiger charge is -2.39. The van der Waals surface area contributed by atoms with E-state index < -0.39 is 14.8 Å². The van der Waals surface area contributed by atoms with E-state index in [1.54, 1.807) is 0 Å². The molecular formula is C28H60BrNO3. The number of nitrogens with zero attached hydrogens (tertiary/aromatic N) is 1. The lowest BCUT2D eigenvalue weighted by molar-refractivity contribution is -1.73. The molecule has 0 amide bonds. The van der Waals surface area contributed by atoms with Crippen LogP contribution in [0.5, 0.6) is 0 Å². The molecule has 202 valence electrons. The summed E-state index contributed by atoms with van der Waals surface area (Å²) in [6.07, 6.45) is 28.9. The van der Waals surface area contributed by atoms with Crippen LogP contribution in [0.25, 0.3) is 0 Å². The van der Waals surface area contributed by atoms with Gasteiger partial charge in [-0.05, 0) is 32.1 Å². The van der Waals surface area contributed by atoms with Crippen molar-refractivity contribution in [2.24, 2.45) is 0 Å². The Morgan fingerprint density at radius 2 is 0.576 bits per heavy atom. The average molecular weight is 539 g/mol. The third-order valence-corrected chi connectivity index (χ3v) is 6.94. The van der Waals surface area contributed by atoms with Crippen molar-refractivity contribution in [2.75, 3.05) is 26.2 Å². The van der Waals surface area contributed by atoms with Gasteiger partial charge in [-0.15, -0.1) is 0 Å². The molecule has 5 heteroatoms. The number of halogens is 1. The molecule has 0 rings (SSSR count). The first-order valence-corrected chi connectivity index (χ1v) is 16.5. The Hall–Kier alpha value is 0.320. The fourth-order valence-corrected chi connectivity index (χ4v) is 4.79. The van der Waals surface area contributed by atoms with Gasteiger partial charge in [0, 0.05) is 0 Å². The smallest absolute Gasteiger partial charge is 0.216 e. The van der Waals surface area contributed by atoms with Gasteiger partial charge in [-0.1, -0.05) is 124 Å². The van der Waals surface area contributed by atoms with Crippen molar-refractivity contribution in [1.29, 1.82) is 0 Å². The maximum atomic E-state index is 8.52. The van der Waals surface area contributed by atoms with Crippen molar-refractivity contribution in [1.82, 2.24) is 0 Å². The zero-order chi connectivity index (χ0) is 25.0. The van der Waals surface area contributed by atoms with E-state index in [4.69, 9.17) is 12.6 Å². The van der Waals surface area contributed by atoms with Gasteiger partial charge in [0.05, 0.1) is 26.2 Å². The highest BCUT2D eigenvalue weighted by molar-refractivity contribution is 4.52. The molecule has 0 saturated carbocycles. The molecular weight excluding hydrogens is 478 g/mol. The van der Waals surface area contributed by atoms with Gasteiger partial charge < -0.3 is 17.1 Å². The highest BCUT2D eigenvalue weighted by Crippen LogP contribution is 2.18. The summed E-state index contributed by atoms with van der Waals surface area (Å²) in [4.78, 5) is 0. The maximum Gasteiger partial charge on any atom is 0.216 e. The molecule has 0 heterocycles. The number of rotatable bonds is 24. The minimum Gasteiger partial charge on any atom is -0.405 e. The second kappa shape index (κ2) is 28.6. The van der Waals surface area contributed by atoms with Crippen molar-refractivity contribution >= 4 is 0 Å². The minimum absolute atomic E-state index is 1.36. The molecule has 0 aliphatic rings. The summed E-state index contributed by atoms with van der Waals surface area (Å²) in [5, 5.41) is 0. The summed E-state index contributed by atoms with van der Waals surface area (Å²) < 4.78 is 27.0. The van der Waals surface area contributed by atoms with Crippen molar-refractivity contribution in [3.63, 3.8) is 0 Å². The van der Waals surface area contributed by atoms with Crippen LogP contribution >= 0.6 is 0 Å². The van der Waals surface area contributed by atoms with Crippen LogP contribution in [0.15, 0.2) is 0 Å². The van der Waals surface area contributed by atoms with Crippen LogP contribution in [0.1, 0.15) is 156 Å². The van der Waals surface area contributed by atoms with Crippen LogP contribution in [-0.2, 0) is 0 Å². The van der Waals surface area contributed by atoms with Crippen LogP contribution in [0.3, 0.4) is 0 Å². The summed E-state index contributed by atoms with van der Waals surface area (Å²) in [6, 6.07) is 0. The fraction of sp³-hybridized carbons (Fsp3) is 1.00. The van der Waals surface area contributed by atoms with Crippen LogP contribution in [0, 0.1) is 14.8 Å². The molecule has 0 bridgehead atoms. The lowest BCUT2D eigenvalue weighted by Crippen LogP contribution is -2.50. The molecule has 0 spiro atoms. The minimum atomic E-state index is -3.65. The normalized spacial score (nSPS) is 11.6. The molecule has 0 aliphatic carbocycles. The first-order chi connectivity index (χ1) is 16.0. The standard InChI is InChI=1S/C28H60N.BrO3/c1-5-9-13-14-15-16-17-18-19-20-21-22-23-24-28-29(25-10-6-2,26-11-7-3)27-12-8-4;2-1(3)4/h5-28H2,1-4H3;/q+1;-1. The van der Waals surface area contributed by atoms with Crippen molar-refractivity contribution in [3.05, 3.63) is 0 Å². The van der Waals surface area contributed by atoms with E-state index in [0.717, 1.165) is 0 Å². The highest BCUT2D eigenvalue weighted by atomic mass is 80.0. The molecule has 0 aromatic heterocycles. The zero-order valence-electron chi connectivity index (χ0n) is 23.0. The highest BCUT2D eigenvalue weighted by Gasteiger charge is 2.24. The third kappa shape index (κ3) is 28.4. The van der Waals surface area contributed by atoms with Crippen LogP contribution < -0.4 is 12.6 Å². The number of unbranched alkanes of at least 4 members (excludes halogenated alkanes) is 16. The van der Waals surface area contributed by atoms with Gasteiger partial charge in [0.25, 0.3) is 0 Å². The molecule has 0 aliphatic heterocycles. The van der Waals surface area contributed by atoms with Gasteiger partial charge in [0.15, 0.2) is 0 Å². The summed E-state index contributed by atoms with van der Waals surface area (Å²) in [5.41, 5.74) is 0. The predicted octanol–water partition coefficient (Wildman–Crippen LogP) is 6.12. The summed E-state index contributed by atoms with van der Waals surface area (Å²) in [5.74, 6) is 0. The van der Waals surface area contributed by atoms with Gasteiger partial charge in [-0.25, -0.2) is 0 Å². The summed E-state index contributed by atoms with van der Waals surface area (Å²) >= 11 is -3.65. The van der Waals surface area contributed by atoms with E-state index in [1.807, 2.05) is 0 Å².